The third-order valence-electron chi connectivity index (χ3n) is 8.71. The number of carbonyl (C=O) groups is 3. The molecule has 0 radical (unpaired) electrons. The Morgan fingerprint density at radius 2 is 1.86 bits per heavy atom. The van der Waals surface area contributed by atoms with Crippen LogP contribution in [0.5, 0.6) is 0 Å². The molecule has 1 spiro atoms. The number of rotatable bonds is 9. The van der Waals surface area contributed by atoms with Gasteiger partial charge in [-0.05, 0) is 58.3 Å². The van der Waals surface area contributed by atoms with Crippen LogP contribution >= 0.6 is 0 Å². The van der Waals surface area contributed by atoms with Crippen molar-refractivity contribution >= 4 is 17.8 Å². The fourth-order valence-electron chi connectivity index (χ4n) is 6.84. The Labute approximate surface area is 221 Å². The van der Waals surface area contributed by atoms with Crippen LogP contribution in [0.2, 0.25) is 0 Å². The fraction of sp³-hybridized carbons (Fsp3) is 0.759. The average Bonchev–Trinajstić information content (AvgIpc) is 3.23. The lowest BCUT2D eigenvalue weighted by Crippen LogP contribution is -2.57. The van der Waals surface area contributed by atoms with Gasteiger partial charge in [-0.25, -0.2) is 0 Å². The van der Waals surface area contributed by atoms with Gasteiger partial charge in [-0.15, -0.1) is 0 Å². The second kappa shape index (κ2) is 11.7. The number of hydrogen-bond acceptors (Lipinski definition) is 6. The molecule has 4 aliphatic heterocycles. The molecule has 0 aromatic heterocycles. The van der Waals surface area contributed by atoms with Crippen molar-refractivity contribution in [2.75, 3.05) is 26.3 Å². The van der Waals surface area contributed by atoms with Gasteiger partial charge in [0.15, 0.2) is 0 Å². The zero-order valence-electron chi connectivity index (χ0n) is 22.7. The maximum absolute atomic E-state index is 14.3. The number of amides is 2. The van der Waals surface area contributed by atoms with Crippen LogP contribution in [0.4, 0.5) is 0 Å². The smallest absolute Gasteiger partial charge is 0.313 e. The Morgan fingerprint density at radius 1 is 1.05 bits per heavy atom. The van der Waals surface area contributed by atoms with E-state index in [4.69, 9.17) is 9.47 Å². The van der Waals surface area contributed by atoms with E-state index in [-0.39, 0.29) is 24.5 Å². The highest BCUT2D eigenvalue weighted by Crippen LogP contribution is 2.58. The van der Waals surface area contributed by atoms with E-state index in [1.807, 2.05) is 30.1 Å². The first-order valence-corrected chi connectivity index (χ1v) is 14.3. The molecule has 0 aliphatic carbocycles. The molecular formula is C29H44N2O6. The standard InChI is InChI=1S/C29H44N2O6/c1-4-14-21(3)30-18-13-16-29-22(25(33)31(24(29)26(30)34)17-10-8-11-19-32)23-27(35)36-20-12-7-6-9-15-28(23,5-2)37-29/h9,13,15-16,21-24,32H,4-8,10-12,14,17-20H2,1-3H3/b15-9-/t21?,22-,23+,24?,28-,29-/m0/s1. The third kappa shape index (κ3) is 4.87. The maximum atomic E-state index is 14.3. The van der Waals surface area contributed by atoms with Gasteiger partial charge in [-0.3, -0.25) is 14.4 Å². The summed E-state index contributed by atoms with van der Waals surface area (Å²) in [4.78, 5) is 45.7. The molecule has 8 heteroatoms. The minimum absolute atomic E-state index is 0.0230. The molecule has 1 N–H and O–H groups in total. The molecule has 8 nitrogen and oxygen atoms in total. The number of carbonyl (C=O) groups excluding carboxylic acids is 3. The van der Waals surface area contributed by atoms with Crippen molar-refractivity contribution in [1.29, 1.82) is 0 Å². The number of aliphatic hydroxyl groups is 1. The van der Waals surface area contributed by atoms with Crippen molar-refractivity contribution in [2.24, 2.45) is 11.8 Å². The van der Waals surface area contributed by atoms with E-state index in [1.165, 1.54) is 0 Å². The van der Waals surface area contributed by atoms with Gasteiger partial charge in [-0.2, -0.15) is 0 Å². The minimum Gasteiger partial charge on any atom is -0.465 e. The quantitative estimate of drug-likeness (QED) is 0.287. The van der Waals surface area contributed by atoms with Crippen LogP contribution in [-0.4, -0.2) is 82.3 Å². The summed E-state index contributed by atoms with van der Waals surface area (Å²) in [5, 5.41) is 9.23. The highest BCUT2D eigenvalue weighted by molar-refractivity contribution is 5.99. The largest absolute Gasteiger partial charge is 0.465 e. The summed E-state index contributed by atoms with van der Waals surface area (Å²) < 4.78 is 12.7. The highest BCUT2D eigenvalue weighted by Gasteiger charge is 2.75. The Morgan fingerprint density at radius 3 is 2.59 bits per heavy atom. The molecule has 2 fully saturated rings. The first kappa shape index (κ1) is 27.8. The maximum Gasteiger partial charge on any atom is 0.313 e. The zero-order valence-corrected chi connectivity index (χ0v) is 22.7. The van der Waals surface area contributed by atoms with Crippen LogP contribution in [0.3, 0.4) is 0 Å². The monoisotopic (exact) mass is 516 g/mol. The van der Waals surface area contributed by atoms with Crippen molar-refractivity contribution in [3.8, 4) is 0 Å². The number of unbranched alkanes of at least 4 members (excludes halogenated alkanes) is 2. The van der Waals surface area contributed by atoms with Crippen molar-refractivity contribution in [2.45, 2.75) is 102 Å². The van der Waals surface area contributed by atoms with Gasteiger partial charge in [-0.1, -0.05) is 44.6 Å². The van der Waals surface area contributed by atoms with E-state index in [2.05, 4.69) is 19.9 Å². The van der Waals surface area contributed by atoms with Gasteiger partial charge in [0, 0.05) is 25.7 Å². The normalized spacial score (nSPS) is 35.5. The number of ether oxygens (including phenoxy) is 2. The van der Waals surface area contributed by atoms with Crippen LogP contribution in [0.15, 0.2) is 24.3 Å². The predicted molar refractivity (Wildman–Crippen MR) is 139 cm³/mol. The van der Waals surface area contributed by atoms with Crippen molar-refractivity contribution in [1.82, 2.24) is 9.80 Å². The van der Waals surface area contributed by atoms with Crippen LogP contribution in [0.1, 0.15) is 78.6 Å². The third-order valence-corrected chi connectivity index (χ3v) is 8.71. The first-order valence-electron chi connectivity index (χ1n) is 14.3. The number of hydrogen-bond donors (Lipinski definition) is 1. The molecule has 0 aromatic rings. The summed E-state index contributed by atoms with van der Waals surface area (Å²) in [6.45, 7) is 7.37. The molecule has 2 saturated heterocycles. The topological polar surface area (TPSA) is 96.4 Å². The number of nitrogens with zero attached hydrogens (tertiary/aromatic N) is 2. The van der Waals surface area contributed by atoms with Gasteiger partial charge in [0.2, 0.25) is 11.8 Å². The fourth-order valence-corrected chi connectivity index (χ4v) is 6.84. The molecule has 4 rings (SSSR count). The van der Waals surface area contributed by atoms with Crippen molar-refractivity contribution in [3.63, 3.8) is 0 Å². The summed E-state index contributed by atoms with van der Waals surface area (Å²) in [6, 6.07) is -0.811. The van der Waals surface area contributed by atoms with E-state index in [0.29, 0.717) is 39.0 Å². The van der Waals surface area contributed by atoms with E-state index < -0.39 is 35.0 Å². The lowest BCUT2D eigenvalue weighted by atomic mass is 9.73. The second-order valence-electron chi connectivity index (χ2n) is 11.0. The molecule has 206 valence electrons. The molecule has 2 amide bonds. The summed E-state index contributed by atoms with van der Waals surface area (Å²) in [5.74, 6) is -2.38. The number of fused-ring (bicyclic) bond motifs is 2. The van der Waals surface area contributed by atoms with Gasteiger partial charge in [0.1, 0.15) is 23.2 Å². The van der Waals surface area contributed by atoms with Gasteiger partial charge in [0.05, 0.1) is 12.5 Å². The molecule has 2 unspecified atom stereocenters. The Bertz CT molecular complexity index is 918. The number of likely N-dealkylation sites (tertiary alicyclic amines) is 1. The van der Waals surface area contributed by atoms with Gasteiger partial charge >= 0.3 is 5.97 Å². The Kier molecular flexibility index (Phi) is 8.79. The van der Waals surface area contributed by atoms with Gasteiger partial charge in [0.25, 0.3) is 0 Å². The summed E-state index contributed by atoms with van der Waals surface area (Å²) in [5.41, 5.74) is -2.24. The molecule has 37 heavy (non-hydrogen) atoms. The van der Waals surface area contributed by atoms with Crippen LogP contribution in [0, 0.1) is 11.8 Å². The lowest BCUT2D eigenvalue weighted by molar-refractivity contribution is -0.162. The summed E-state index contributed by atoms with van der Waals surface area (Å²) in [6.07, 6.45) is 14.8. The minimum atomic E-state index is -1.23. The Hall–Kier alpha value is -2.19. The molecule has 4 aliphatic rings. The first-order chi connectivity index (χ1) is 17.9. The molecule has 4 heterocycles. The van der Waals surface area contributed by atoms with Gasteiger partial charge < -0.3 is 24.4 Å². The molecule has 0 saturated carbocycles. The lowest BCUT2D eigenvalue weighted by Gasteiger charge is -2.39. The number of esters is 1. The second-order valence-corrected chi connectivity index (χ2v) is 11.0. The van der Waals surface area contributed by atoms with Crippen molar-refractivity contribution in [3.05, 3.63) is 24.3 Å². The average molecular weight is 517 g/mol. The van der Waals surface area contributed by atoms with E-state index >= 15 is 0 Å². The number of aliphatic hydroxyl groups excluding tert-OH is 1. The van der Waals surface area contributed by atoms with Crippen molar-refractivity contribution < 1.29 is 29.0 Å². The van der Waals surface area contributed by atoms with E-state index in [9.17, 15) is 19.5 Å². The molecule has 6 atom stereocenters. The highest BCUT2D eigenvalue weighted by atomic mass is 16.6. The Balaban J connectivity index is 1.81. The SMILES string of the molecule is CCCC(C)N1CC=C[C@]23O[C@@]4(CC)/C=C\CCCCOC(=O)[C@H]4[C@H]2C(=O)N(CCCCCO)C3C1=O. The predicted octanol–water partition coefficient (Wildman–Crippen LogP) is 3.38. The van der Waals surface area contributed by atoms with E-state index in [1.54, 1.807) is 4.90 Å². The molecular weight excluding hydrogens is 472 g/mol. The van der Waals surface area contributed by atoms with Crippen LogP contribution in [0.25, 0.3) is 0 Å². The van der Waals surface area contributed by atoms with Crippen LogP contribution in [-0.2, 0) is 23.9 Å². The zero-order chi connectivity index (χ0) is 26.6. The molecule has 0 aromatic carbocycles. The van der Waals surface area contributed by atoms with E-state index in [0.717, 1.165) is 38.5 Å². The number of cyclic esters (lactones) is 1. The number of allylic oxidation sites excluding steroid dienone is 1. The summed E-state index contributed by atoms with van der Waals surface area (Å²) in [7, 11) is 0. The molecule has 0 bridgehead atoms. The summed E-state index contributed by atoms with van der Waals surface area (Å²) >= 11 is 0. The van der Waals surface area contributed by atoms with Crippen LogP contribution < -0.4 is 0 Å².